The van der Waals surface area contributed by atoms with Gasteiger partial charge in [-0.05, 0) is 36.6 Å². The summed E-state index contributed by atoms with van der Waals surface area (Å²) in [4.78, 5) is 29.4. The summed E-state index contributed by atoms with van der Waals surface area (Å²) < 4.78 is 16.7. The van der Waals surface area contributed by atoms with Crippen LogP contribution in [0.5, 0.6) is 5.75 Å². The van der Waals surface area contributed by atoms with E-state index in [1.807, 2.05) is 30.3 Å². The lowest BCUT2D eigenvalue weighted by Gasteiger charge is -2.39. The lowest BCUT2D eigenvalue weighted by Crippen LogP contribution is -2.46. The minimum Gasteiger partial charge on any atom is -0.481 e. The number of hydrogen-bond donors (Lipinski definition) is 1. The van der Waals surface area contributed by atoms with Crippen LogP contribution in [0.25, 0.3) is 11.5 Å². The highest BCUT2D eigenvalue weighted by atomic mass is 79.9. The topological polar surface area (TPSA) is 115 Å². The Labute approximate surface area is 198 Å². The summed E-state index contributed by atoms with van der Waals surface area (Å²) in [6, 6.07) is 15.0. The number of piperidine rings is 1. The monoisotopic (exact) mass is 515 g/mol. The number of hydrogen-bond acceptors (Lipinski definition) is 7. The SMILES string of the molecule is COC(=O)N1CCC(c2ccccc2)(c2noc(-c3cc(Br)ccc3OCC(=O)O)n2)CC1. The summed E-state index contributed by atoms with van der Waals surface area (Å²) >= 11 is 3.42. The first-order chi connectivity index (χ1) is 15.9. The van der Waals surface area contributed by atoms with Crippen LogP contribution < -0.4 is 4.74 Å². The van der Waals surface area contributed by atoms with Crippen LogP contribution in [0, 0.1) is 0 Å². The van der Waals surface area contributed by atoms with Crippen molar-refractivity contribution in [2.45, 2.75) is 18.3 Å². The molecule has 2 aromatic carbocycles. The van der Waals surface area contributed by atoms with Crippen LogP contribution in [0.15, 0.2) is 57.5 Å². The predicted octanol–water partition coefficient (Wildman–Crippen LogP) is 4.11. The molecule has 1 fully saturated rings. The number of aliphatic carboxylic acids is 1. The van der Waals surface area contributed by atoms with Crippen molar-refractivity contribution in [3.8, 4) is 17.2 Å². The fraction of sp³-hybridized carbons (Fsp3) is 0.304. The van der Waals surface area contributed by atoms with E-state index in [1.165, 1.54) is 7.11 Å². The summed E-state index contributed by atoms with van der Waals surface area (Å²) in [5.41, 5.74) is 0.958. The number of carbonyl (C=O) groups excluding carboxylic acids is 1. The highest BCUT2D eigenvalue weighted by molar-refractivity contribution is 9.10. The number of likely N-dealkylation sites (tertiary alicyclic amines) is 1. The molecule has 1 saturated heterocycles. The van der Waals surface area contributed by atoms with Gasteiger partial charge in [0.15, 0.2) is 12.4 Å². The second-order valence-electron chi connectivity index (χ2n) is 7.65. The van der Waals surface area contributed by atoms with Gasteiger partial charge in [-0.2, -0.15) is 4.98 Å². The van der Waals surface area contributed by atoms with Crippen molar-refractivity contribution >= 4 is 28.0 Å². The molecule has 0 aliphatic carbocycles. The maximum Gasteiger partial charge on any atom is 0.409 e. The number of carbonyl (C=O) groups is 2. The molecule has 0 saturated carbocycles. The minimum absolute atomic E-state index is 0.220. The number of halogens is 1. The van der Waals surface area contributed by atoms with E-state index in [-0.39, 0.29) is 12.0 Å². The minimum atomic E-state index is -1.09. The van der Waals surface area contributed by atoms with Gasteiger partial charge in [-0.1, -0.05) is 51.4 Å². The van der Waals surface area contributed by atoms with Crippen LogP contribution in [0.4, 0.5) is 4.79 Å². The summed E-state index contributed by atoms with van der Waals surface area (Å²) in [5, 5.41) is 13.3. The van der Waals surface area contributed by atoms with Gasteiger partial charge in [0, 0.05) is 17.6 Å². The van der Waals surface area contributed by atoms with Gasteiger partial charge in [0.25, 0.3) is 5.89 Å². The van der Waals surface area contributed by atoms with E-state index in [2.05, 4.69) is 21.1 Å². The average Bonchev–Trinajstić information content (AvgIpc) is 3.34. The van der Waals surface area contributed by atoms with E-state index < -0.39 is 18.0 Å². The molecule has 1 aliphatic rings. The van der Waals surface area contributed by atoms with E-state index in [0.717, 1.165) is 10.0 Å². The molecule has 9 nitrogen and oxygen atoms in total. The Morgan fingerprint density at radius 2 is 1.91 bits per heavy atom. The van der Waals surface area contributed by atoms with Crippen molar-refractivity contribution in [1.82, 2.24) is 15.0 Å². The maximum absolute atomic E-state index is 12.0. The van der Waals surface area contributed by atoms with Gasteiger partial charge in [0.2, 0.25) is 0 Å². The first kappa shape index (κ1) is 22.8. The van der Waals surface area contributed by atoms with Crippen molar-refractivity contribution in [3.63, 3.8) is 0 Å². The van der Waals surface area contributed by atoms with Crippen molar-refractivity contribution in [1.29, 1.82) is 0 Å². The van der Waals surface area contributed by atoms with Gasteiger partial charge in [-0.15, -0.1) is 0 Å². The normalized spacial score (nSPS) is 15.2. The second-order valence-corrected chi connectivity index (χ2v) is 8.57. The third kappa shape index (κ3) is 4.70. The Morgan fingerprint density at radius 3 is 2.58 bits per heavy atom. The van der Waals surface area contributed by atoms with Crippen molar-refractivity contribution in [3.05, 3.63) is 64.4 Å². The van der Waals surface area contributed by atoms with Gasteiger partial charge < -0.3 is 24.0 Å². The van der Waals surface area contributed by atoms with E-state index in [9.17, 15) is 9.59 Å². The predicted molar refractivity (Wildman–Crippen MR) is 121 cm³/mol. The van der Waals surface area contributed by atoms with E-state index in [0.29, 0.717) is 43.1 Å². The van der Waals surface area contributed by atoms with Gasteiger partial charge >= 0.3 is 12.1 Å². The molecule has 1 N–H and O–H groups in total. The number of ether oxygens (including phenoxy) is 2. The molecule has 1 aliphatic heterocycles. The standard InChI is InChI=1S/C23H22BrN3O6/c1-31-22(30)27-11-9-23(10-12-27,15-5-3-2-4-6-15)21-25-20(33-26-21)17-13-16(24)7-8-18(17)32-14-19(28)29/h2-8,13H,9-12,14H2,1H3,(H,28,29). The highest BCUT2D eigenvalue weighted by Crippen LogP contribution is 2.42. The smallest absolute Gasteiger partial charge is 0.409 e. The highest BCUT2D eigenvalue weighted by Gasteiger charge is 2.43. The summed E-state index contributed by atoms with van der Waals surface area (Å²) in [5.74, 6) is -0.0460. The number of rotatable bonds is 6. The van der Waals surface area contributed by atoms with Crippen LogP contribution >= 0.6 is 15.9 Å². The number of aromatic nitrogens is 2. The van der Waals surface area contributed by atoms with E-state index >= 15 is 0 Å². The Balaban J connectivity index is 1.71. The molecular weight excluding hydrogens is 494 g/mol. The number of carboxylic acids is 1. The molecular formula is C23H22BrN3O6. The second kappa shape index (κ2) is 9.62. The fourth-order valence-electron chi connectivity index (χ4n) is 4.06. The van der Waals surface area contributed by atoms with Crippen molar-refractivity contribution < 1.29 is 28.7 Å². The zero-order chi connectivity index (χ0) is 23.4. The Morgan fingerprint density at radius 1 is 1.18 bits per heavy atom. The van der Waals surface area contributed by atoms with Gasteiger partial charge in [0.1, 0.15) is 5.75 Å². The number of amides is 1. The lowest BCUT2D eigenvalue weighted by atomic mass is 9.72. The first-order valence-electron chi connectivity index (χ1n) is 10.3. The lowest BCUT2D eigenvalue weighted by molar-refractivity contribution is -0.139. The zero-order valence-corrected chi connectivity index (χ0v) is 19.4. The number of methoxy groups -OCH3 is 1. The molecule has 0 unspecified atom stereocenters. The van der Waals surface area contributed by atoms with Gasteiger partial charge in [-0.3, -0.25) is 0 Å². The van der Waals surface area contributed by atoms with Crippen LogP contribution in [0.3, 0.4) is 0 Å². The molecule has 1 amide bonds. The van der Waals surface area contributed by atoms with Crippen LogP contribution in [0.2, 0.25) is 0 Å². The summed E-state index contributed by atoms with van der Waals surface area (Å²) in [7, 11) is 1.37. The number of nitrogens with zero attached hydrogens (tertiary/aromatic N) is 3. The Kier molecular flexibility index (Phi) is 6.64. The van der Waals surface area contributed by atoms with Crippen LogP contribution in [0.1, 0.15) is 24.2 Å². The molecule has 4 rings (SSSR count). The summed E-state index contributed by atoms with van der Waals surface area (Å²) in [6.45, 7) is 0.470. The van der Waals surface area contributed by atoms with Crippen LogP contribution in [-0.4, -0.2) is 59.0 Å². The Bertz CT molecular complexity index is 1140. The fourth-order valence-corrected chi connectivity index (χ4v) is 4.42. The number of benzene rings is 2. The molecule has 0 bridgehead atoms. The zero-order valence-electron chi connectivity index (χ0n) is 17.9. The molecule has 2 heterocycles. The van der Waals surface area contributed by atoms with E-state index in [1.54, 1.807) is 23.1 Å². The molecule has 10 heteroatoms. The molecule has 3 aromatic rings. The quantitative estimate of drug-likeness (QED) is 0.521. The van der Waals surface area contributed by atoms with E-state index in [4.69, 9.17) is 24.1 Å². The Hall–Kier alpha value is -3.40. The summed E-state index contributed by atoms with van der Waals surface area (Å²) in [6.07, 6.45) is 0.817. The molecule has 33 heavy (non-hydrogen) atoms. The van der Waals surface area contributed by atoms with Gasteiger partial charge in [0.05, 0.1) is 18.1 Å². The number of carboxylic acid groups (broad SMARTS) is 1. The molecule has 0 radical (unpaired) electrons. The maximum atomic E-state index is 12.0. The molecule has 0 spiro atoms. The van der Waals surface area contributed by atoms with Crippen molar-refractivity contribution in [2.75, 3.05) is 26.8 Å². The van der Waals surface area contributed by atoms with Crippen LogP contribution in [-0.2, 0) is 14.9 Å². The van der Waals surface area contributed by atoms with Crippen molar-refractivity contribution in [2.24, 2.45) is 0 Å². The first-order valence-corrected chi connectivity index (χ1v) is 11.1. The largest absolute Gasteiger partial charge is 0.481 e. The third-order valence-electron chi connectivity index (χ3n) is 5.75. The third-order valence-corrected chi connectivity index (χ3v) is 6.25. The van der Waals surface area contributed by atoms with Gasteiger partial charge in [-0.25, -0.2) is 9.59 Å². The molecule has 172 valence electrons. The average molecular weight is 516 g/mol. The molecule has 1 aromatic heterocycles. The molecule has 0 atom stereocenters.